The summed E-state index contributed by atoms with van der Waals surface area (Å²) in [5, 5.41) is 3.25. The van der Waals surface area contributed by atoms with Crippen LogP contribution in [0.3, 0.4) is 0 Å². The van der Waals surface area contributed by atoms with E-state index in [1.807, 2.05) is 25.1 Å². The van der Waals surface area contributed by atoms with Crippen molar-refractivity contribution in [2.75, 3.05) is 17.3 Å². The average molecular weight is 290 g/mol. The Morgan fingerprint density at radius 3 is 2.35 bits per heavy atom. The van der Waals surface area contributed by atoms with E-state index in [-0.39, 0.29) is 0 Å². The molecule has 0 saturated heterocycles. The van der Waals surface area contributed by atoms with Gasteiger partial charge in [-0.2, -0.15) is 0 Å². The highest BCUT2D eigenvalue weighted by Crippen LogP contribution is 2.20. The highest BCUT2D eigenvalue weighted by atomic mass is 32.2. The first-order chi connectivity index (χ1) is 9.36. The maximum atomic E-state index is 11.4. The van der Waals surface area contributed by atoms with Crippen molar-refractivity contribution in [2.24, 2.45) is 0 Å². The van der Waals surface area contributed by atoms with Crippen molar-refractivity contribution in [3.63, 3.8) is 0 Å². The minimum absolute atomic E-state index is 0.330. The number of aryl methyl sites for hydroxylation is 1. The Kier molecular flexibility index (Phi) is 3.99. The quantitative estimate of drug-likeness (QED) is 0.849. The average Bonchev–Trinajstić information content (AvgIpc) is 2.39. The van der Waals surface area contributed by atoms with Crippen LogP contribution in [0.5, 0.6) is 0 Å². The van der Waals surface area contributed by atoms with Crippen LogP contribution in [0.2, 0.25) is 0 Å². The Balaban J connectivity index is 2.10. The predicted octanol–water partition coefficient (Wildman–Crippen LogP) is 2.59. The molecule has 5 heteroatoms. The van der Waals surface area contributed by atoms with Gasteiger partial charge in [-0.3, -0.25) is 0 Å². The van der Waals surface area contributed by atoms with Crippen LogP contribution < -0.4 is 11.1 Å². The van der Waals surface area contributed by atoms with Crippen molar-refractivity contribution in [3.8, 4) is 0 Å². The smallest absolute Gasteiger partial charge is 0.175 e. The van der Waals surface area contributed by atoms with Gasteiger partial charge < -0.3 is 11.1 Å². The van der Waals surface area contributed by atoms with E-state index in [1.54, 1.807) is 24.3 Å². The summed E-state index contributed by atoms with van der Waals surface area (Å²) >= 11 is 0. The van der Waals surface area contributed by atoms with Crippen LogP contribution in [0.15, 0.2) is 47.4 Å². The zero-order valence-corrected chi connectivity index (χ0v) is 12.4. The molecule has 0 atom stereocenters. The minimum atomic E-state index is -3.14. The van der Waals surface area contributed by atoms with Crippen LogP contribution >= 0.6 is 0 Å². The first kappa shape index (κ1) is 14.4. The fraction of sp³-hybridized carbons (Fsp3) is 0.200. The monoisotopic (exact) mass is 290 g/mol. The third-order valence-corrected chi connectivity index (χ3v) is 4.17. The largest absolute Gasteiger partial charge is 0.397 e. The molecular formula is C15H18N2O2S. The number of nitrogen functional groups attached to an aromatic ring is 1. The molecule has 2 aromatic rings. The summed E-state index contributed by atoms with van der Waals surface area (Å²) < 4.78 is 22.7. The number of hydrogen-bond acceptors (Lipinski definition) is 4. The maximum absolute atomic E-state index is 11.4. The molecule has 0 aromatic heterocycles. The van der Waals surface area contributed by atoms with Crippen molar-refractivity contribution >= 4 is 21.2 Å². The van der Waals surface area contributed by atoms with Crippen LogP contribution in [0, 0.1) is 6.92 Å². The van der Waals surface area contributed by atoms with E-state index in [9.17, 15) is 8.42 Å². The van der Waals surface area contributed by atoms with E-state index in [0.717, 1.165) is 16.8 Å². The molecule has 0 aliphatic carbocycles. The van der Waals surface area contributed by atoms with E-state index >= 15 is 0 Å². The summed E-state index contributed by atoms with van der Waals surface area (Å²) in [5.41, 5.74) is 9.61. The molecule has 20 heavy (non-hydrogen) atoms. The summed E-state index contributed by atoms with van der Waals surface area (Å²) in [5.74, 6) is 0. The van der Waals surface area contributed by atoms with E-state index < -0.39 is 9.84 Å². The molecule has 0 saturated carbocycles. The van der Waals surface area contributed by atoms with Gasteiger partial charge in [-0.1, -0.05) is 18.2 Å². The standard InChI is InChI=1S/C15H18N2O2S/c1-11-3-8-14(16)15(9-11)17-10-12-4-6-13(7-5-12)20(2,18)19/h3-9,17H,10,16H2,1-2H3. The van der Waals surface area contributed by atoms with E-state index in [1.165, 1.54) is 6.26 Å². The van der Waals surface area contributed by atoms with Crippen molar-refractivity contribution in [1.29, 1.82) is 0 Å². The lowest BCUT2D eigenvalue weighted by Gasteiger charge is -2.10. The van der Waals surface area contributed by atoms with Gasteiger partial charge >= 0.3 is 0 Å². The van der Waals surface area contributed by atoms with Crippen LogP contribution in [0.4, 0.5) is 11.4 Å². The Bertz CT molecular complexity index is 707. The molecule has 4 nitrogen and oxygen atoms in total. The van der Waals surface area contributed by atoms with Crippen molar-refractivity contribution in [3.05, 3.63) is 53.6 Å². The molecule has 0 spiro atoms. The second kappa shape index (κ2) is 5.54. The van der Waals surface area contributed by atoms with E-state index in [0.29, 0.717) is 17.1 Å². The number of anilines is 2. The van der Waals surface area contributed by atoms with Gasteiger partial charge in [0, 0.05) is 12.8 Å². The Morgan fingerprint density at radius 2 is 1.75 bits per heavy atom. The Hall–Kier alpha value is -2.01. The maximum Gasteiger partial charge on any atom is 0.175 e. The van der Waals surface area contributed by atoms with Gasteiger partial charge in [-0.25, -0.2) is 8.42 Å². The molecular weight excluding hydrogens is 272 g/mol. The number of nitrogens with two attached hydrogens (primary N) is 1. The number of hydrogen-bond donors (Lipinski definition) is 2. The van der Waals surface area contributed by atoms with Gasteiger partial charge in [0.2, 0.25) is 0 Å². The zero-order valence-electron chi connectivity index (χ0n) is 11.6. The molecule has 0 heterocycles. The second-order valence-corrected chi connectivity index (χ2v) is 6.88. The van der Waals surface area contributed by atoms with Gasteiger partial charge in [0.05, 0.1) is 16.3 Å². The van der Waals surface area contributed by atoms with Gasteiger partial charge in [0.25, 0.3) is 0 Å². The fourth-order valence-corrected chi connectivity index (χ4v) is 2.51. The SMILES string of the molecule is Cc1ccc(N)c(NCc2ccc(S(C)(=O)=O)cc2)c1. The van der Waals surface area contributed by atoms with E-state index in [4.69, 9.17) is 5.73 Å². The van der Waals surface area contributed by atoms with Gasteiger partial charge in [-0.05, 0) is 42.3 Å². The molecule has 0 amide bonds. The summed E-state index contributed by atoms with van der Waals surface area (Å²) in [4.78, 5) is 0.330. The third-order valence-electron chi connectivity index (χ3n) is 3.04. The van der Waals surface area contributed by atoms with Gasteiger partial charge in [0.1, 0.15) is 0 Å². The predicted molar refractivity (Wildman–Crippen MR) is 82.5 cm³/mol. The van der Waals surface area contributed by atoms with Crippen LogP contribution in [-0.2, 0) is 16.4 Å². The lowest BCUT2D eigenvalue weighted by Crippen LogP contribution is -2.03. The summed E-state index contributed by atoms with van der Waals surface area (Å²) in [6.45, 7) is 2.60. The Morgan fingerprint density at radius 1 is 1.10 bits per heavy atom. The van der Waals surface area contributed by atoms with Crippen LogP contribution in [-0.4, -0.2) is 14.7 Å². The molecule has 0 fully saturated rings. The number of nitrogens with one attached hydrogen (secondary N) is 1. The summed E-state index contributed by atoms with van der Waals surface area (Å²) in [7, 11) is -3.14. The molecule has 0 aliphatic rings. The molecule has 0 unspecified atom stereocenters. The second-order valence-electron chi connectivity index (χ2n) is 4.86. The lowest BCUT2D eigenvalue weighted by atomic mass is 10.1. The normalized spacial score (nSPS) is 11.3. The number of sulfone groups is 1. The molecule has 106 valence electrons. The molecule has 0 aliphatic heterocycles. The molecule has 3 N–H and O–H groups in total. The van der Waals surface area contributed by atoms with Gasteiger partial charge in [0.15, 0.2) is 9.84 Å². The zero-order chi connectivity index (χ0) is 14.8. The Labute approximate surface area is 119 Å². The fourth-order valence-electron chi connectivity index (χ4n) is 1.88. The minimum Gasteiger partial charge on any atom is -0.397 e. The van der Waals surface area contributed by atoms with Crippen molar-refractivity contribution < 1.29 is 8.42 Å². The lowest BCUT2D eigenvalue weighted by molar-refractivity contribution is 0.602. The number of rotatable bonds is 4. The molecule has 2 aromatic carbocycles. The van der Waals surface area contributed by atoms with Crippen LogP contribution in [0.25, 0.3) is 0 Å². The third kappa shape index (κ3) is 3.51. The highest BCUT2D eigenvalue weighted by molar-refractivity contribution is 7.90. The summed E-state index contributed by atoms with van der Waals surface area (Å²) in [6.07, 6.45) is 1.20. The van der Waals surface area contributed by atoms with E-state index in [2.05, 4.69) is 5.32 Å². The van der Waals surface area contributed by atoms with Crippen LogP contribution in [0.1, 0.15) is 11.1 Å². The highest BCUT2D eigenvalue weighted by Gasteiger charge is 2.06. The summed E-state index contributed by atoms with van der Waals surface area (Å²) in [6, 6.07) is 12.6. The van der Waals surface area contributed by atoms with Gasteiger partial charge in [-0.15, -0.1) is 0 Å². The molecule has 0 bridgehead atoms. The molecule has 0 radical (unpaired) electrons. The van der Waals surface area contributed by atoms with Crippen molar-refractivity contribution in [2.45, 2.75) is 18.4 Å². The number of benzene rings is 2. The molecule has 2 rings (SSSR count). The topological polar surface area (TPSA) is 72.2 Å². The first-order valence-electron chi connectivity index (χ1n) is 6.25. The van der Waals surface area contributed by atoms with Crippen molar-refractivity contribution in [1.82, 2.24) is 0 Å². The first-order valence-corrected chi connectivity index (χ1v) is 8.14.